The number of hydrogen-bond acceptors (Lipinski definition) is 5. The van der Waals surface area contributed by atoms with Gasteiger partial charge in [-0.1, -0.05) is 0 Å². The van der Waals surface area contributed by atoms with E-state index in [2.05, 4.69) is 10.6 Å². The Morgan fingerprint density at radius 2 is 2.16 bits per heavy atom. The molecule has 1 aliphatic rings. The van der Waals surface area contributed by atoms with Crippen LogP contribution in [-0.4, -0.2) is 69.0 Å². The Kier molecular flexibility index (Phi) is 6.22. The third-order valence-electron chi connectivity index (χ3n) is 3.39. The van der Waals surface area contributed by atoms with Crippen LogP contribution in [0.25, 0.3) is 0 Å². The summed E-state index contributed by atoms with van der Waals surface area (Å²) in [6.07, 6.45) is 0. The molecule has 0 aromatic rings. The van der Waals surface area contributed by atoms with Crippen molar-refractivity contribution in [3.8, 4) is 0 Å². The summed E-state index contributed by atoms with van der Waals surface area (Å²) in [6.45, 7) is 8.34. The number of carbonyl (C=O) groups is 1. The van der Waals surface area contributed by atoms with Crippen molar-refractivity contribution in [3.05, 3.63) is 0 Å². The molecular weight excluding hydrogens is 266 g/mol. The molecule has 112 valence electrons. The summed E-state index contributed by atoms with van der Waals surface area (Å²) in [4.78, 5) is 13.9. The minimum absolute atomic E-state index is 0.0309. The molecule has 1 atom stereocenters. The minimum atomic E-state index is -3.05. The van der Waals surface area contributed by atoms with Crippen molar-refractivity contribution in [1.29, 1.82) is 0 Å². The Balaban J connectivity index is 2.61. The molecule has 0 bridgehead atoms. The highest BCUT2D eigenvalue weighted by molar-refractivity contribution is 7.92. The maximum Gasteiger partial charge on any atom is 0.238 e. The van der Waals surface area contributed by atoms with Gasteiger partial charge in [0.1, 0.15) is 6.04 Å². The molecule has 6 nitrogen and oxygen atoms in total. The summed E-state index contributed by atoms with van der Waals surface area (Å²) in [5.74, 6) is 0.0808. The molecule has 1 aliphatic heterocycles. The molecule has 2 N–H and O–H groups in total. The van der Waals surface area contributed by atoms with Crippen molar-refractivity contribution in [2.45, 2.75) is 32.1 Å². The molecule has 0 aromatic heterocycles. The normalized spacial score (nSPS) is 21.6. The van der Waals surface area contributed by atoms with E-state index in [0.29, 0.717) is 26.2 Å². The average molecular weight is 291 g/mol. The number of nitrogens with one attached hydrogen (secondary N) is 2. The van der Waals surface area contributed by atoms with Gasteiger partial charge in [-0.2, -0.15) is 0 Å². The lowest BCUT2D eigenvalue weighted by Gasteiger charge is -2.35. The van der Waals surface area contributed by atoms with Crippen molar-refractivity contribution in [2.75, 3.05) is 38.5 Å². The Hall–Kier alpha value is -0.660. The fraction of sp³-hybridized carbons (Fsp3) is 0.917. The van der Waals surface area contributed by atoms with Gasteiger partial charge in [-0.15, -0.1) is 0 Å². The van der Waals surface area contributed by atoms with Crippen LogP contribution >= 0.6 is 0 Å². The number of rotatable bonds is 6. The fourth-order valence-electron chi connectivity index (χ4n) is 2.04. The molecule has 0 aliphatic carbocycles. The summed E-state index contributed by atoms with van der Waals surface area (Å²) in [6, 6.07) is -0.268. The van der Waals surface area contributed by atoms with E-state index in [4.69, 9.17) is 0 Å². The smallest absolute Gasteiger partial charge is 0.238 e. The van der Waals surface area contributed by atoms with Gasteiger partial charge in [0, 0.05) is 32.7 Å². The highest BCUT2D eigenvalue weighted by Crippen LogP contribution is 2.07. The van der Waals surface area contributed by atoms with E-state index in [-0.39, 0.29) is 23.0 Å². The predicted octanol–water partition coefficient (Wildman–Crippen LogP) is -0.780. The van der Waals surface area contributed by atoms with E-state index in [1.54, 1.807) is 13.8 Å². The molecule has 19 heavy (non-hydrogen) atoms. The van der Waals surface area contributed by atoms with Gasteiger partial charge in [-0.05, 0) is 20.8 Å². The lowest BCUT2D eigenvalue weighted by molar-refractivity contribution is -0.126. The highest BCUT2D eigenvalue weighted by Gasteiger charge is 2.29. The van der Waals surface area contributed by atoms with Crippen molar-refractivity contribution >= 4 is 15.7 Å². The lowest BCUT2D eigenvalue weighted by Crippen LogP contribution is -2.58. The summed E-state index contributed by atoms with van der Waals surface area (Å²) >= 11 is 0. The number of nitrogens with zero attached hydrogens (tertiary/aromatic N) is 1. The van der Waals surface area contributed by atoms with Crippen molar-refractivity contribution in [3.63, 3.8) is 0 Å². The van der Waals surface area contributed by atoms with Crippen LogP contribution in [0.15, 0.2) is 0 Å². The molecule has 1 rings (SSSR count). The third-order valence-corrected chi connectivity index (χ3v) is 5.58. The van der Waals surface area contributed by atoms with E-state index >= 15 is 0 Å². The van der Waals surface area contributed by atoms with Gasteiger partial charge in [-0.3, -0.25) is 9.69 Å². The van der Waals surface area contributed by atoms with Crippen LogP contribution in [0.4, 0.5) is 0 Å². The quantitative estimate of drug-likeness (QED) is 0.671. The van der Waals surface area contributed by atoms with Crippen LogP contribution in [0.5, 0.6) is 0 Å². The van der Waals surface area contributed by atoms with E-state index in [9.17, 15) is 13.2 Å². The van der Waals surface area contributed by atoms with Crippen LogP contribution in [0, 0.1) is 0 Å². The van der Waals surface area contributed by atoms with Gasteiger partial charge >= 0.3 is 0 Å². The molecule has 0 spiro atoms. The number of amides is 1. The number of likely N-dealkylation sites (N-methyl/N-ethyl adjacent to an activating group) is 1. The summed E-state index contributed by atoms with van der Waals surface area (Å²) in [5.41, 5.74) is 0. The summed E-state index contributed by atoms with van der Waals surface area (Å²) < 4.78 is 23.7. The first-order chi connectivity index (χ1) is 8.88. The zero-order valence-corrected chi connectivity index (χ0v) is 12.8. The van der Waals surface area contributed by atoms with Crippen molar-refractivity contribution in [1.82, 2.24) is 15.5 Å². The van der Waals surface area contributed by atoms with Gasteiger partial charge < -0.3 is 10.6 Å². The largest absolute Gasteiger partial charge is 0.355 e. The Morgan fingerprint density at radius 1 is 1.47 bits per heavy atom. The summed E-state index contributed by atoms with van der Waals surface area (Å²) in [7, 11) is -3.05. The van der Waals surface area contributed by atoms with Crippen LogP contribution in [0.3, 0.4) is 0 Å². The predicted molar refractivity (Wildman–Crippen MR) is 75.8 cm³/mol. The van der Waals surface area contributed by atoms with Gasteiger partial charge in [0.15, 0.2) is 9.84 Å². The van der Waals surface area contributed by atoms with Gasteiger partial charge in [0.25, 0.3) is 0 Å². The average Bonchev–Trinajstić information content (AvgIpc) is 2.37. The zero-order chi connectivity index (χ0) is 14.5. The van der Waals surface area contributed by atoms with Crippen molar-refractivity contribution in [2.24, 2.45) is 0 Å². The molecule has 0 saturated carbocycles. The number of sulfone groups is 1. The SMILES string of the molecule is CCNC(=O)C1CNCCN1CCS(=O)(=O)C(C)C. The molecule has 0 aromatic carbocycles. The highest BCUT2D eigenvalue weighted by atomic mass is 32.2. The first-order valence-corrected chi connectivity index (χ1v) is 8.54. The van der Waals surface area contributed by atoms with E-state index in [0.717, 1.165) is 6.54 Å². The number of carbonyl (C=O) groups excluding carboxylic acids is 1. The van der Waals surface area contributed by atoms with E-state index in [1.165, 1.54) is 0 Å². The standard InChI is InChI=1S/C12H25N3O3S/c1-4-14-12(16)11-9-13-5-6-15(11)7-8-19(17,18)10(2)3/h10-11,13H,4-9H2,1-3H3,(H,14,16). The maximum absolute atomic E-state index is 11.9. The van der Waals surface area contributed by atoms with Gasteiger partial charge in [-0.25, -0.2) is 8.42 Å². The Labute approximate surface area is 115 Å². The molecule has 1 heterocycles. The minimum Gasteiger partial charge on any atom is -0.355 e. The fourth-order valence-corrected chi connectivity index (χ4v) is 3.01. The molecule has 1 saturated heterocycles. The van der Waals surface area contributed by atoms with Gasteiger partial charge in [0.05, 0.1) is 11.0 Å². The Bertz CT molecular complexity index is 395. The Morgan fingerprint density at radius 3 is 2.74 bits per heavy atom. The second-order valence-corrected chi connectivity index (χ2v) is 7.74. The molecule has 1 fully saturated rings. The van der Waals surface area contributed by atoms with Crippen LogP contribution in [0.2, 0.25) is 0 Å². The van der Waals surface area contributed by atoms with Crippen LogP contribution < -0.4 is 10.6 Å². The first-order valence-electron chi connectivity index (χ1n) is 6.82. The van der Waals surface area contributed by atoms with Crippen molar-refractivity contribution < 1.29 is 13.2 Å². The molecule has 1 unspecified atom stereocenters. The summed E-state index contributed by atoms with van der Waals surface area (Å²) in [5, 5.41) is 5.60. The van der Waals surface area contributed by atoms with Crippen LogP contribution in [0.1, 0.15) is 20.8 Å². The van der Waals surface area contributed by atoms with Gasteiger partial charge in [0.2, 0.25) is 5.91 Å². The molecule has 0 radical (unpaired) electrons. The second-order valence-electron chi connectivity index (χ2n) is 5.07. The molecule has 1 amide bonds. The molecule has 7 heteroatoms. The third kappa shape index (κ3) is 4.74. The van der Waals surface area contributed by atoms with E-state index < -0.39 is 9.84 Å². The first kappa shape index (κ1) is 16.4. The van der Waals surface area contributed by atoms with E-state index in [1.807, 2.05) is 11.8 Å². The number of hydrogen-bond donors (Lipinski definition) is 2. The maximum atomic E-state index is 11.9. The zero-order valence-electron chi connectivity index (χ0n) is 12.0. The monoisotopic (exact) mass is 291 g/mol. The molecular formula is C12H25N3O3S. The lowest BCUT2D eigenvalue weighted by atomic mass is 10.2. The van der Waals surface area contributed by atoms with Crippen LogP contribution in [-0.2, 0) is 14.6 Å². The topological polar surface area (TPSA) is 78.5 Å². The number of piperazine rings is 1. The second kappa shape index (κ2) is 7.21.